The second-order valence-electron chi connectivity index (χ2n) is 5.47. The number of carbonyl (C=O) groups excluding carboxylic acids is 1. The lowest BCUT2D eigenvalue weighted by Crippen LogP contribution is -2.47. The summed E-state index contributed by atoms with van der Waals surface area (Å²) in [4.78, 5) is 13.9. The fourth-order valence-electron chi connectivity index (χ4n) is 2.38. The van der Waals surface area contributed by atoms with E-state index in [0.717, 1.165) is 0 Å². The molecule has 0 spiro atoms. The van der Waals surface area contributed by atoms with E-state index in [4.69, 9.17) is 9.47 Å². The van der Waals surface area contributed by atoms with Crippen molar-refractivity contribution < 1.29 is 22.7 Å². The van der Waals surface area contributed by atoms with Crippen molar-refractivity contribution >= 4 is 15.9 Å². The molecule has 0 saturated heterocycles. The van der Waals surface area contributed by atoms with Crippen molar-refractivity contribution in [2.45, 2.75) is 17.9 Å². The summed E-state index contributed by atoms with van der Waals surface area (Å²) in [6, 6.07) is 3.41. The molecule has 1 aromatic carbocycles. The SMILES string of the molecule is C=CCN(CC=C)C(=O)C(C)NS(=O)(=O)c1ccc2c(c1)OCCO2. The Hall–Kier alpha value is -2.32. The number of rotatable bonds is 8. The average Bonchev–Trinajstić information content (AvgIpc) is 2.60. The normalized spacial score (nSPS) is 14.4. The third kappa shape index (κ3) is 4.61. The molecule has 1 aliphatic heterocycles. The third-order valence-corrected chi connectivity index (χ3v) is 5.08. The Morgan fingerprint density at radius 1 is 1.24 bits per heavy atom. The van der Waals surface area contributed by atoms with Crippen molar-refractivity contribution in [2.24, 2.45) is 0 Å². The van der Waals surface area contributed by atoms with Gasteiger partial charge in [-0.1, -0.05) is 12.2 Å². The minimum absolute atomic E-state index is 0.00962. The number of fused-ring (bicyclic) bond motifs is 1. The van der Waals surface area contributed by atoms with Gasteiger partial charge in [-0.15, -0.1) is 13.2 Å². The number of ether oxygens (including phenoxy) is 2. The Bertz CT molecular complexity index is 750. The lowest BCUT2D eigenvalue weighted by atomic mass is 10.3. The highest BCUT2D eigenvalue weighted by Gasteiger charge is 2.26. The van der Waals surface area contributed by atoms with Crippen molar-refractivity contribution in [1.29, 1.82) is 0 Å². The lowest BCUT2D eigenvalue weighted by Gasteiger charge is -2.24. The summed E-state index contributed by atoms with van der Waals surface area (Å²) in [6.07, 6.45) is 3.15. The molecule has 7 nitrogen and oxygen atoms in total. The Balaban J connectivity index is 2.15. The van der Waals surface area contributed by atoms with Gasteiger partial charge >= 0.3 is 0 Å². The van der Waals surface area contributed by atoms with Crippen LogP contribution in [0.1, 0.15) is 6.92 Å². The molecule has 1 heterocycles. The first kappa shape index (κ1) is 19.0. The number of carbonyl (C=O) groups is 1. The molecule has 1 aliphatic rings. The van der Waals surface area contributed by atoms with Crippen molar-refractivity contribution in [3.05, 3.63) is 43.5 Å². The van der Waals surface area contributed by atoms with Gasteiger partial charge in [0.05, 0.1) is 10.9 Å². The van der Waals surface area contributed by atoms with Gasteiger partial charge in [0.1, 0.15) is 13.2 Å². The van der Waals surface area contributed by atoms with Crippen LogP contribution in [0.15, 0.2) is 48.4 Å². The van der Waals surface area contributed by atoms with Crippen LogP contribution in [0.25, 0.3) is 0 Å². The molecule has 0 bridgehead atoms. The summed E-state index contributed by atoms with van der Waals surface area (Å²) in [5.74, 6) is 0.506. The first-order chi connectivity index (χ1) is 11.9. The average molecular weight is 366 g/mol. The first-order valence-corrected chi connectivity index (χ1v) is 9.30. The molecule has 1 unspecified atom stereocenters. The molecule has 0 fully saturated rings. The highest BCUT2D eigenvalue weighted by molar-refractivity contribution is 7.89. The van der Waals surface area contributed by atoms with Gasteiger partial charge in [0.2, 0.25) is 15.9 Å². The minimum Gasteiger partial charge on any atom is -0.486 e. The molecular formula is C17H22N2O5S. The fraction of sp³-hybridized carbons (Fsp3) is 0.353. The van der Waals surface area contributed by atoms with Crippen molar-refractivity contribution in [3.8, 4) is 11.5 Å². The molecule has 0 saturated carbocycles. The highest BCUT2D eigenvalue weighted by atomic mass is 32.2. The van der Waals surface area contributed by atoms with Gasteiger partial charge in [0, 0.05) is 19.2 Å². The lowest BCUT2D eigenvalue weighted by molar-refractivity contribution is -0.131. The van der Waals surface area contributed by atoms with Gasteiger partial charge in [-0.3, -0.25) is 4.79 Å². The molecule has 1 amide bonds. The van der Waals surface area contributed by atoms with Gasteiger partial charge in [-0.05, 0) is 19.1 Å². The van der Waals surface area contributed by atoms with Crippen molar-refractivity contribution in [1.82, 2.24) is 9.62 Å². The van der Waals surface area contributed by atoms with Crippen LogP contribution in [0, 0.1) is 0 Å². The number of amides is 1. The summed E-state index contributed by atoms with van der Waals surface area (Å²) in [5, 5.41) is 0. The maximum absolute atomic E-state index is 12.6. The highest BCUT2D eigenvalue weighted by Crippen LogP contribution is 2.32. The van der Waals surface area contributed by atoms with E-state index in [9.17, 15) is 13.2 Å². The molecule has 0 aromatic heterocycles. The van der Waals surface area contributed by atoms with E-state index in [1.165, 1.54) is 30.0 Å². The molecule has 1 aromatic rings. The minimum atomic E-state index is -3.89. The van der Waals surface area contributed by atoms with Crippen LogP contribution in [0.2, 0.25) is 0 Å². The van der Waals surface area contributed by atoms with Crippen LogP contribution < -0.4 is 14.2 Å². The first-order valence-electron chi connectivity index (χ1n) is 7.81. The van der Waals surface area contributed by atoms with E-state index < -0.39 is 16.1 Å². The molecule has 1 N–H and O–H groups in total. The van der Waals surface area contributed by atoms with Crippen LogP contribution in [0.3, 0.4) is 0 Å². The summed E-state index contributed by atoms with van der Waals surface area (Å²) < 4.78 is 38.3. The summed E-state index contributed by atoms with van der Waals surface area (Å²) in [5.41, 5.74) is 0. The second-order valence-corrected chi connectivity index (χ2v) is 7.18. The number of nitrogens with zero attached hydrogens (tertiary/aromatic N) is 1. The van der Waals surface area contributed by atoms with Crippen LogP contribution in [0.4, 0.5) is 0 Å². The molecule has 25 heavy (non-hydrogen) atoms. The summed E-state index contributed by atoms with van der Waals surface area (Å²) >= 11 is 0. The Morgan fingerprint density at radius 3 is 2.44 bits per heavy atom. The molecule has 0 aliphatic carbocycles. The van der Waals surface area contributed by atoms with E-state index in [0.29, 0.717) is 37.8 Å². The van der Waals surface area contributed by atoms with E-state index in [1.54, 1.807) is 12.2 Å². The maximum Gasteiger partial charge on any atom is 0.241 e. The number of benzene rings is 1. The molecule has 0 radical (unpaired) electrons. The van der Waals surface area contributed by atoms with Gasteiger partial charge in [0.15, 0.2) is 11.5 Å². The summed E-state index contributed by atoms with van der Waals surface area (Å²) in [7, 11) is -3.89. The van der Waals surface area contributed by atoms with Gasteiger partial charge in [-0.2, -0.15) is 4.72 Å². The molecule has 2 rings (SSSR count). The van der Waals surface area contributed by atoms with Crippen LogP contribution in [-0.2, 0) is 14.8 Å². The molecule has 136 valence electrons. The fourth-order valence-corrected chi connectivity index (χ4v) is 3.59. The Labute approximate surface area is 148 Å². The smallest absolute Gasteiger partial charge is 0.241 e. The van der Waals surface area contributed by atoms with E-state index in [2.05, 4.69) is 17.9 Å². The zero-order valence-electron chi connectivity index (χ0n) is 14.1. The van der Waals surface area contributed by atoms with Crippen molar-refractivity contribution in [2.75, 3.05) is 26.3 Å². The summed E-state index contributed by atoms with van der Waals surface area (Å²) in [6.45, 7) is 10.1. The van der Waals surface area contributed by atoms with Gasteiger partial charge in [-0.25, -0.2) is 8.42 Å². The quantitative estimate of drug-likeness (QED) is 0.702. The zero-order valence-corrected chi connectivity index (χ0v) is 14.9. The van der Waals surface area contributed by atoms with Crippen LogP contribution >= 0.6 is 0 Å². The zero-order chi connectivity index (χ0) is 18.4. The number of sulfonamides is 1. The molecule has 8 heteroatoms. The van der Waals surface area contributed by atoms with E-state index >= 15 is 0 Å². The van der Waals surface area contributed by atoms with Gasteiger partial charge in [0.25, 0.3) is 0 Å². The Morgan fingerprint density at radius 2 is 1.84 bits per heavy atom. The largest absolute Gasteiger partial charge is 0.486 e. The van der Waals surface area contributed by atoms with E-state index in [1.807, 2.05) is 0 Å². The van der Waals surface area contributed by atoms with Crippen LogP contribution in [0.5, 0.6) is 11.5 Å². The van der Waals surface area contributed by atoms with Crippen LogP contribution in [-0.4, -0.2) is 51.6 Å². The second kappa shape index (κ2) is 8.17. The predicted molar refractivity (Wildman–Crippen MR) is 94.2 cm³/mol. The molecule has 1 atom stereocenters. The maximum atomic E-state index is 12.6. The van der Waals surface area contributed by atoms with Gasteiger partial charge < -0.3 is 14.4 Å². The number of hydrogen-bond donors (Lipinski definition) is 1. The monoisotopic (exact) mass is 366 g/mol. The molecular weight excluding hydrogens is 344 g/mol. The standard InChI is InChI=1S/C17H22N2O5S/c1-4-8-19(9-5-2)17(20)13(3)18-25(21,22)14-6-7-15-16(12-14)24-11-10-23-15/h4-7,12-13,18H,1-2,8-11H2,3H3. The van der Waals surface area contributed by atoms with Crippen molar-refractivity contribution in [3.63, 3.8) is 0 Å². The number of hydrogen-bond acceptors (Lipinski definition) is 5. The van der Waals surface area contributed by atoms with E-state index in [-0.39, 0.29) is 10.8 Å². The number of nitrogens with one attached hydrogen (secondary N) is 1. The Kier molecular flexibility index (Phi) is 6.22. The third-order valence-electron chi connectivity index (χ3n) is 3.54. The topological polar surface area (TPSA) is 84.9 Å². The predicted octanol–water partition coefficient (Wildman–Crippen LogP) is 1.33.